The lowest BCUT2D eigenvalue weighted by molar-refractivity contribution is -0.323. The van der Waals surface area contributed by atoms with E-state index in [9.17, 15) is 19.2 Å². The molecule has 1 saturated carbocycles. The Kier molecular flexibility index (Phi) is 10.3. The van der Waals surface area contributed by atoms with Gasteiger partial charge in [-0.3, -0.25) is 19.2 Å². The molecule has 2 fully saturated rings. The fraction of sp³-hybridized carbons (Fsp3) is 0.833. The smallest absolute Gasteiger partial charge is 0.303 e. The van der Waals surface area contributed by atoms with Gasteiger partial charge in [-0.2, -0.15) is 0 Å². The topological polar surface area (TPSA) is 124 Å². The van der Waals surface area contributed by atoms with Crippen molar-refractivity contribution in [2.45, 2.75) is 105 Å². The lowest BCUT2D eigenvalue weighted by atomic mass is 9.75. The third-order valence-electron chi connectivity index (χ3n) is 6.22. The van der Waals surface area contributed by atoms with Crippen LogP contribution in [-0.2, 0) is 47.6 Å². The van der Waals surface area contributed by atoms with E-state index in [1.165, 1.54) is 27.7 Å². The predicted octanol–water partition coefficient (Wildman–Crippen LogP) is 2.55. The van der Waals surface area contributed by atoms with Crippen LogP contribution in [0.1, 0.15) is 67.7 Å². The summed E-state index contributed by atoms with van der Waals surface area (Å²) in [7, 11) is 0. The third-order valence-corrected chi connectivity index (χ3v) is 6.22. The van der Waals surface area contributed by atoms with E-state index in [-0.39, 0.29) is 18.6 Å². The zero-order valence-corrected chi connectivity index (χ0v) is 21.1. The Balaban J connectivity index is 2.43. The molecule has 0 spiro atoms. The monoisotopic (exact) mass is 486 g/mol. The Morgan fingerprint density at radius 2 is 1.38 bits per heavy atom. The maximum atomic E-state index is 12.0. The predicted molar refractivity (Wildman–Crippen MR) is 118 cm³/mol. The fourth-order valence-corrected chi connectivity index (χ4v) is 4.74. The van der Waals surface area contributed by atoms with Crippen molar-refractivity contribution in [3.8, 4) is 0 Å². The molecule has 34 heavy (non-hydrogen) atoms. The van der Waals surface area contributed by atoms with E-state index in [1.54, 1.807) is 0 Å². The van der Waals surface area contributed by atoms with Gasteiger partial charge in [-0.15, -0.1) is 0 Å². The summed E-state index contributed by atoms with van der Waals surface area (Å²) in [6.45, 7) is 11.0. The first-order chi connectivity index (χ1) is 15.9. The fourth-order valence-electron chi connectivity index (χ4n) is 4.74. The van der Waals surface area contributed by atoms with Crippen LogP contribution < -0.4 is 0 Å². The van der Waals surface area contributed by atoms with E-state index >= 15 is 0 Å². The van der Waals surface area contributed by atoms with Crippen LogP contribution in [-0.4, -0.2) is 67.3 Å². The Morgan fingerprint density at radius 3 is 1.91 bits per heavy atom. The molecule has 0 aromatic heterocycles. The van der Waals surface area contributed by atoms with Crippen LogP contribution in [0.25, 0.3) is 0 Å². The van der Waals surface area contributed by atoms with Crippen LogP contribution in [0.4, 0.5) is 0 Å². The van der Waals surface area contributed by atoms with Gasteiger partial charge < -0.3 is 28.4 Å². The van der Waals surface area contributed by atoms with E-state index in [2.05, 4.69) is 20.8 Å². The van der Waals surface area contributed by atoms with Crippen LogP contribution in [0.3, 0.4) is 0 Å². The van der Waals surface area contributed by atoms with Crippen LogP contribution in [0, 0.1) is 17.8 Å². The number of rotatable bonds is 8. The van der Waals surface area contributed by atoms with Crippen molar-refractivity contribution in [1.82, 2.24) is 0 Å². The van der Waals surface area contributed by atoms with E-state index in [1.807, 2.05) is 0 Å². The number of hydrogen-bond acceptors (Lipinski definition) is 10. The van der Waals surface area contributed by atoms with Crippen molar-refractivity contribution in [3.63, 3.8) is 0 Å². The first-order valence-electron chi connectivity index (χ1n) is 11.8. The van der Waals surface area contributed by atoms with Crippen molar-refractivity contribution in [1.29, 1.82) is 0 Å². The van der Waals surface area contributed by atoms with Crippen LogP contribution in [0.15, 0.2) is 0 Å². The zero-order valence-electron chi connectivity index (χ0n) is 21.1. The van der Waals surface area contributed by atoms with Gasteiger partial charge in [0.05, 0.1) is 6.10 Å². The molecule has 0 aromatic carbocycles. The third kappa shape index (κ3) is 7.94. The second-order valence-corrected chi connectivity index (χ2v) is 9.57. The summed E-state index contributed by atoms with van der Waals surface area (Å²) in [5, 5.41) is 0. The quantitative estimate of drug-likeness (QED) is 0.373. The maximum absolute atomic E-state index is 12.0. The second-order valence-electron chi connectivity index (χ2n) is 9.57. The molecular formula is C24H38O10. The molecule has 2 rings (SSSR count). The van der Waals surface area contributed by atoms with Gasteiger partial charge in [-0.05, 0) is 30.6 Å². The van der Waals surface area contributed by atoms with E-state index in [0.717, 1.165) is 19.3 Å². The van der Waals surface area contributed by atoms with Gasteiger partial charge >= 0.3 is 23.9 Å². The van der Waals surface area contributed by atoms with Gasteiger partial charge in [0.1, 0.15) is 12.7 Å². The normalized spacial score (nSPS) is 33.6. The van der Waals surface area contributed by atoms with E-state index in [4.69, 9.17) is 28.4 Å². The van der Waals surface area contributed by atoms with E-state index in [0.29, 0.717) is 11.8 Å². The number of esters is 4. The molecular weight excluding hydrogens is 448 g/mol. The molecule has 0 amide bonds. The summed E-state index contributed by atoms with van der Waals surface area (Å²) < 4.78 is 34.0. The maximum Gasteiger partial charge on any atom is 0.303 e. The molecule has 1 aliphatic heterocycles. The summed E-state index contributed by atoms with van der Waals surface area (Å²) in [6.07, 6.45) is -3.07. The van der Waals surface area contributed by atoms with Gasteiger partial charge in [0.2, 0.25) is 0 Å². The Bertz CT molecular complexity index is 735. The van der Waals surface area contributed by atoms with Gasteiger partial charge in [-0.25, -0.2) is 0 Å². The van der Waals surface area contributed by atoms with Gasteiger partial charge in [0, 0.05) is 27.7 Å². The van der Waals surface area contributed by atoms with Crippen molar-refractivity contribution in [2.24, 2.45) is 17.8 Å². The highest BCUT2D eigenvalue weighted by Gasteiger charge is 2.53. The number of carbonyl (C=O) groups is 4. The number of ether oxygens (including phenoxy) is 6. The summed E-state index contributed by atoms with van der Waals surface area (Å²) in [4.78, 5) is 47.2. The molecule has 0 N–H and O–H groups in total. The average Bonchev–Trinajstić information content (AvgIpc) is 2.69. The van der Waals surface area contributed by atoms with Crippen molar-refractivity contribution >= 4 is 23.9 Å². The molecule has 194 valence electrons. The molecule has 10 heteroatoms. The van der Waals surface area contributed by atoms with Crippen molar-refractivity contribution in [2.75, 3.05) is 6.61 Å². The lowest BCUT2D eigenvalue weighted by Crippen LogP contribution is -2.63. The van der Waals surface area contributed by atoms with Crippen LogP contribution in [0.5, 0.6) is 0 Å². The highest BCUT2D eigenvalue weighted by Crippen LogP contribution is 2.38. The zero-order chi connectivity index (χ0) is 25.6. The molecule has 3 unspecified atom stereocenters. The summed E-state index contributed by atoms with van der Waals surface area (Å²) >= 11 is 0. The number of hydrogen-bond donors (Lipinski definition) is 0. The molecule has 8 atom stereocenters. The molecule has 10 nitrogen and oxygen atoms in total. The highest BCUT2D eigenvalue weighted by molar-refractivity contribution is 5.68. The van der Waals surface area contributed by atoms with Gasteiger partial charge in [-0.1, -0.05) is 27.2 Å². The summed E-state index contributed by atoms with van der Waals surface area (Å²) in [5.74, 6) is -1.50. The first kappa shape index (κ1) is 28.0. The molecule has 0 aromatic rings. The minimum absolute atomic E-state index is 0.190. The second kappa shape index (κ2) is 12.5. The molecule has 1 saturated heterocycles. The summed E-state index contributed by atoms with van der Waals surface area (Å²) in [6, 6.07) is 0. The SMILES string of the molecule is CC(=O)OC[C@H]1O[C@@H](OC2CC(C)CCC2C(C)C)[C@H](OC(C)=O)[C@@H](OC(C)=O)[C@@H]1OC(C)=O. The van der Waals surface area contributed by atoms with Crippen molar-refractivity contribution < 1.29 is 47.6 Å². The largest absolute Gasteiger partial charge is 0.463 e. The molecule has 0 radical (unpaired) electrons. The van der Waals surface area contributed by atoms with Gasteiger partial charge in [0.15, 0.2) is 24.6 Å². The van der Waals surface area contributed by atoms with Crippen LogP contribution in [0.2, 0.25) is 0 Å². The number of carbonyl (C=O) groups excluding carboxylic acids is 4. The van der Waals surface area contributed by atoms with Crippen LogP contribution >= 0.6 is 0 Å². The molecule has 1 aliphatic carbocycles. The molecule has 0 bridgehead atoms. The Labute approximate surface area is 200 Å². The van der Waals surface area contributed by atoms with Gasteiger partial charge in [0.25, 0.3) is 0 Å². The standard InChI is InChI=1S/C24H38O10/c1-12(2)18-9-8-13(3)10-19(18)33-24-23(32-17(7)28)22(31-16(6)27)21(30-15(5)26)20(34-24)11-29-14(4)25/h12-13,18-24H,8-11H2,1-7H3/t13?,18?,19?,20-,21-,22+,23-,24-/m1/s1. The van der Waals surface area contributed by atoms with E-state index < -0.39 is 54.6 Å². The molecule has 1 heterocycles. The minimum atomic E-state index is -1.22. The Hall–Kier alpha value is -2.20. The summed E-state index contributed by atoms with van der Waals surface area (Å²) in [5.41, 5.74) is 0. The Morgan fingerprint density at radius 1 is 0.824 bits per heavy atom. The lowest BCUT2D eigenvalue weighted by Gasteiger charge is -2.46. The van der Waals surface area contributed by atoms with Crippen molar-refractivity contribution in [3.05, 3.63) is 0 Å². The molecule has 2 aliphatic rings. The minimum Gasteiger partial charge on any atom is -0.463 e. The first-order valence-corrected chi connectivity index (χ1v) is 11.8. The highest BCUT2D eigenvalue weighted by atomic mass is 16.7. The average molecular weight is 487 g/mol.